The molecule has 0 aromatic carbocycles. The van der Waals surface area contributed by atoms with Gasteiger partial charge in [0.25, 0.3) is 0 Å². The molecular formula is C14H26N2O3. The number of carbonyl (C=O) groups is 2. The van der Waals surface area contributed by atoms with Crippen molar-refractivity contribution in [1.82, 2.24) is 9.80 Å². The predicted molar refractivity (Wildman–Crippen MR) is 73.8 cm³/mol. The summed E-state index contributed by atoms with van der Waals surface area (Å²) in [5.74, 6) is 0.255. The van der Waals surface area contributed by atoms with Crippen molar-refractivity contribution in [3.8, 4) is 0 Å². The van der Waals surface area contributed by atoms with Crippen molar-refractivity contribution >= 4 is 12.0 Å². The first kappa shape index (κ1) is 15.8. The maximum Gasteiger partial charge on any atom is 0.410 e. The first-order valence-electron chi connectivity index (χ1n) is 6.81. The van der Waals surface area contributed by atoms with Crippen molar-refractivity contribution in [2.75, 3.05) is 27.2 Å². The number of hydrogen-bond acceptors (Lipinski definition) is 3. The molecule has 0 saturated carbocycles. The van der Waals surface area contributed by atoms with E-state index < -0.39 is 5.60 Å². The summed E-state index contributed by atoms with van der Waals surface area (Å²) >= 11 is 0. The summed E-state index contributed by atoms with van der Waals surface area (Å²) in [5.41, 5.74) is -0.499. The summed E-state index contributed by atoms with van der Waals surface area (Å²) in [6, 6.07) is 0. The maximum absolute atomic E-state index is 12.1. The largest absolute Gasteiger partial charge is 0.444 e. The van der Waals surface area contributed by atoms with Crippen molar-refractivity contribution in [2.45, 2.75) is 39.7 Å². The average molecular weight is 270 g/mol. The number of piperidine rings is 1. The SMILES string of the molecule is C[C@@H]1CCN(C(=O)OC(C)(C)C)C[C@@H]1C(=O)N(C)C. The molecule has 0 aromatic heterocycles. The molecule has 0 spiro atoms. The standard InChI is InChI=1S/C14H26N2O3/c1-10-7-8-16(13(18)19-14(2,3)4)9-11(10)12(17)15(5)6/h10-11H,7-9H2,1-6H3/t10-,11+/m1/s1. The molecule has 1 heterocycles. The quantitative estimate of drug-likeness (QED) is 0.732. The molecule has 1 aliphatic heterocycles. The molecule has 0 N–H and O–H groups in total. The third kappa shape index (κ3) is 4.40. The molecule has 0 unspecified atom stereocenters. The Kier molecular flexibility index (Phi) is 4.82. The first-order chi connectivity index (χ1) is 8.61. The number of nitrogens with zero attached hydrogens (tertiary/aromatic N) is 2. The average Bonchev–Trinajstić information content (AvgIpc) is 2.26. The molecule has 1 rings (SSSR count). The maximum atomic E-state index is 12.1. The van der Waals surface area contributed by atoms with Crippen LogP contribution in [0.15, 0.2) is 0 Å². The van der Waals surface area contributed by atoms with E-state index in [9.17, 15) is 9.59 Å². The van der Waals surface area contributed by atoms with Gasteiger partial charge in [0.15, 0.2) is 0 Å². The van der Waals surface area contributed by atoms with Crippen LogP contribution >= 0.6 is 0 Å². The Morgan fingerprint density at radius 2 is 1.84 bits per heavy atom. The van der Waals surface area contributed by atoms with Gasteiger partial charge in [-0.15, -0.1) is 0 Å². The van der Waals surface area contributed by atoms with Gasteiger partial charge in [-0.1, -0.05) is 6.92 Å². The Morgan fingerprint density at radius 1 is 1.26 bits per heavy atom. The van der Waals surface area contributed by atoms with Crippen LogP contribution in [-0.4, -0.2) is 54.6 Å². The molecule has 19 heavy (non-hydrogen) atoms. The predicted octanol–water partition coefficient (Wildman–Crippen LogP) is 1.97. The van der Waals surface area contributed by atoms with E-state index in [0.29, 0.717) is 19.0 Å². The fourth-order valence-corrected chi connectivity index (χ4v) is 2.21. The van der Waals surface area contributed by atoms with E-state index in [-0.39, 0.29) is 17.9 Å². The molecule has 2 amide bonds. The monoisotopic (exact) mass is 270 g/mol. The smallest absolute Gasteiger partial charge is 0.410 e. The molecule has 2 atom stereocenters. The Hall–Kier alpha value is -1.26. The molecule has 0 aromatic rings. The van der Waals surface area contributed by atoms with Crippen molar-refractivity contribution in [3.05, 3.63) is 0 Å². The summed E-state index contributed by atoms with van der Waals surface area (Å²) in [7, 11) is 3.50. The fourth-order valence-electron chi connectivity index (χ4n) is 2.21. The molecule has 0 radical (unpaired) electrons. The summed E-state index contributed by atoms with van der Waals surface area (Å²) in [4.78, 5) is 27.4. The van der Waals surface area contributed by atoms with E-state index in [4.69, 9.17) is 4.74 Å². The Balaban J connectivity index is 2.69. The minimum Gasteiger partial charge on any atom is -0.444 e. The van der Waals surface area contributed by atoms with Crippen LogP contribution in [0.5, 0.6) is 0 Å². The lowest BCUT2D eigenvalue weighted by molar-refractivity contribution is -0.136. The van der Waals surface area contributed by atoms with Gasteiger partial charge < -0.3 is 14.5 Å². The Bertz CT molecular complexity index is 347. The van der Waals surface area contributed by atoms with E-state index in [1.165, 1.54) is 0 Å². The second kappa shape index (κ2) is 5.80. The summed E-state index contributed by atoms with van der Waals surface area (Å²) < 4.78 is 5.36. The van der Waals surface area contributed by atoms with Crippen LogP contribution in [-0.2, 0) is 9.53 Å². The molecular weight excluding hydrogens is 244 g/mol. The van der Waals surface area contributed by atoms with Gasteiger partial charge in [-0.05, 0) is 33.1 Å². The van der Waals surface area contributed by atoms with Crippen LogP contribution in [0.25, 0.3) is 0 Å². The second-order valence-corrected chi connectivity index (χ2v) is 6.53. The summed E-state index contributed by atoms with van der Waals surface area (Å²) in [6.45, 7) is 8.72. The zero-order valence-corrected chi connectivity index (χ0v) is 12.9. The van der Waals surface area contributed by atoms with Crippen LogP contribution in [0.1, 0.15) is 34.1 Å². The van der Waals surface area contributed by atoms with Crippen molar-refractivity contribution in [2.24, 2.45) is 11.8 Å². The third-order valence-electron chi connectivity index (χ3n) is 3.37. The summed E-state index contributed by atoms with van der Waals surface area (Å²) in [5, 5.41) is 0. The zero-order chi connectivity index (χ0) is 14.8. The van der Waals surface area contributed by atoms with Crippen LogP contribution in [0.3, 0.4) is 0 Å². The third-order valence-corrected chi connectivity index (χ3v) is 3.37. The zero-order valence-electron chi connectivity index (χ0n) is 12.9. The van der Waals surface area contributed by atoms with E-state index in [1.807, 2.05) is 20.8 Å². The molecule has 5 nitrogen and oxygen atoms in total. The van der Waals surface area contributed by atoms with E-state index >= 15 is 0 Å². The molecule has 0 bridgehead atoms. The van der Waals surface area contributed by atoms with Gasteiger partial charge >= 0.3 is 6.09 Å². The van der Waals surface area contributed by atoms with Crippen molar-refractivity contribution < 1.29 is 14.3 Å². The molecule has 5 heteroatoms. The number of amides is 2. The van der Waals surface area contributed by atoms with Crippen LogP contribution < -0.4 is 0 Å². The van der Waals surface area contributed by atoms with Gasteiger partial charge in [-0.2, -0.15) is 0 Å². The lowest BCUT2D eigenvalue weighted by Gasteiger charge is -2.37. The number of carbonyl (C=O) groups excluding carboxylic acids is 2. The summed E-state index contributed by atoms with van der Waals surface area (Å²) in [6.07, 6.45) is 0.514. The van der Waals surface area contributed by atoms with Gasteiger partial charge in [0.05, 0.1) is 5.92 Å². The number of hydrogen-bond donors (Lipinski definition) is 0. The second-order valence-electron chi connectivity index (χ2n) is 6.53. The van der Waals surface area contributed by atoms with Gasteiger partial charge in [-0.25, -0.2) is 4.79 Å². The highest BCUT2D eigenvalue weighted by Gasteiger charge is 2.35. The minimum absolute atomic E-state index is 0.0840. The van der Waals surface area contributed by atoms with Crippen molar-refractivity contribution in [3.63, 3.8) is 0 Å². The number of ether oxygens (including phenoxy) is 1. The number of likely N-dealkylation sites (tertiary alicyclic amines) is 1. The van der Waals surface area contributed by atoms with Crippen LogP contribution in [0.4, 0.5) is 4.79 Å². The lowest BCUT2D eigenvalue weighted by atomic mass is 9.86. The first-order valence-corrected chi connectivity index (χ1v) is 6.81. The molecule has 1 saturated heterocycles. The highest BCUT2D eigenvalue weighted by Crippen LogP contribution is 2.25. The van der Waals surface area contributed by atoms with Gasteiger partial charge in [0.2, 0.25) is 5.91 Å². The van der Waals surface area contributed by atoms with Gasteiger partial charge in [0.1, 0.15) is 5.60 Å². The molecule has 0 aliphatic carbocycles. The molecule has 1 fully saturated rings. The molecule has 110 valence electrons. The fraction of sp³-hybridized carbons (Fsp3) is 0.857. The van der Waals surface area contributed by atoms with Gasteiger partial charge in [0, 0.05) is 27.2 Å². The Morgan fingerprint density at radius 3 is 2.32 bits per heavy atom. The number of rotatable bonds is 1. The van der Waals surface area contributed by atoms with E-state index in [2.05, 4.69) is 6.92 Å². The highest BCUT2D eigenvalue weighted by atomic mass is 16.6. The van der Waals surface area contributed by atoms with Crippen LogP contribution in [0.2, 0.25) is 0 Å². The topological polar surface area (TPSA) is 49.9 Å². The van der Waals surface area contributed by atoms with Crippen molar-refractivity contribution in [1.29, 1.82) is 0 Å². The lowest BCUT2D eigenvalue weighted by Crippen LogP contribution is -2.49. The normalized spacial score (nSPS) is 24.0. The van der Waals surface area contributed by atoms with Crippen LogP contribution in [0, 0.1) is 11.8 Å². The Labute approximate surface area is 115 Å². The van der Waals surface area contributed by atoms with E-state index in [1.54, 1.807) is 23.9 Å². The van der Waals surface area contributed by atoms with Gasteiger partial charge in [-0.3, -0.25) is 4.79 Å². The minimum atomic E-state index is -0.499. The molecule has 1 aliphatic rings. The van der Waals surface area contributed by atoms with E-state index in [0.717, 1.165) is 6.42 Å². The highest BCUT2D eigenvalue weighted by molar-refractivity contribution is 5.80.